The van der Waals surface area contributed by atoms with Crippen LogP contribution in [-0.4, -0.2) is 32.5 Å². The lowest BCUT2D eigenvalue weighted by atomic mass is 9.95. The first-order chi connectivity index (χ1) is 12.9. The second-order valence-corrected chi connectivity index (χ2v) is 9.63. The predicted molar refractivity (Wildman–Crippen MR) is 104 cm³/mol. The van der Waals surface area contributed by atoms with Crippen molar-refractivity contribution >= 4 is 27.7 Å². The maximum atomic E-state index is 12.5. The highest BCUT2D eigenvalue weighted by Crippen LogP contribution is 2.32. The van der Waals surface area contributed by atoms with E-state index in [0.29, 0.717) is 22.5 Å². The average Bonchev–Trinajstić information content (AvgIpc) is 3.25. The molecule has 2 fully saturated rings. The third-order valence-corrected chi connectivity index (χ3v) is 7.30. The summed E-state index contributed by atoms with van der Waals surface area (Å²) in [5.74, 6) is -0.0733. The van der Waals surface area contributed by atoms with Crippen LogP contribution in [0.15, 0.2) is 63.2 Å². The first kappa shape index (κ1) is 18.5. The molecular weight excluding hydrogens is 382 g/mol. The van der Waals surface area contributed by atoms with E-state index in [1.165, 1.54) is 24.2 Å². The van der Waals surface area contributed by atoms with Gasteiger partial charge in [-0.25, -0.2) is 13.6 Å². The normalized spacial score (nSPS) is 24.1. The second kappa shape index (κ2) is 7.27. The monoisotopic (exact) mass is 403 g/mol. The maximum Gasteiger partial charge on any atom is 0.251 e. The highest BCUT2D eigenvalue weighted by atomic mass is 32.2. The number of primary sulfonamides is 1. The zero-order valence-corrected chi connectivity index (χ0v) is 16.2. The zero-order chi connectivity index (χ0) is 19.0. The van der Waals surface area contributed by atoms with Gasteiger partial charge in [0.05, 0.1) is 4.90 Å². The number of fused-ring (bicyclic) bond motifs is 2. The molecule has 2 aliphatic heterocycles. The minimum atomic E-state index is -3.78. The molecule has 142 valence electrons. The summed E-state index contributed by atoms with van der Waals surface area (Å²) < 4.78 is 23.4. The van der Waals surface area contributed by atoms with Crippen LogP contribution in [0.2, 0.25) is 0 Å². The van der Waals surface area contributed by atoms with Crippen molar-refractivity contribution in [2.24, 2.45) is 5.14 Å². The molecule has 0 aliphatic carbocycles. The Morgan fingerprint density at radius 3 is 2.48 bits per heavy atom. The lowest BCUT2D eigenvalue weighted by Crippen LogP contribution is -2.42. The Hall–Kier alpha value is -1.87. The number of benzene rings is 2. The topological polar surface area (TPSA) is 101 Å². The van der Waals surface area contributed by atoms with Crippen LogP contribution < -0.4 is 15.8 Å². The number of hydrogen-bond acceptors (Lipinski definition) is 5. The van der Waals surface area contributed by atoms with Crippen LogP contribution in [0.4, 0.5) is 0 Å². The Morgan fingerprint density at radius 2 is 1.85 bits per heavy atom. The number of carbonyl (C=O) groups excluding carboxylic acids is 1. The SMILES string of the molecule is NS(=O)(=O)c1ccccc1Sc1ccc(C(=O)NC2CC3CCC2N3)cc1. The Kier molecular flexibility index (Phi) is 4.98. The molecular formula is C19H21N3O3S2. The van der Waals surface area contributed by atoms with Crippen LogP contribution in [0.5, 0.6) is 0 Å². The van der Waals surface area contributed by atoms with Gasteiger partial charge < -0.3 is 10.6 Å². The highest BCUT2D eigenvalue weighted by molar-refractivity contribution is 8.00. The molecule has 4 rings (SSSR count). The molecule has 6 nitrogen and oxygen atoms in total. The fourth-order valence-corrected chi connectivity index (χ4v) is 5.74. The first-order valence-corrected chi connectivity index (χ1v) is 11.2. The van der Waals surface area contributed by atoms with E-state index >= 15 is 0 Å². The molecule has 1 amide bonds. The molecule has 2 saturated heterocycles. The molecule has 2 aromatic rings. The van der Waals surface area contributed by atoms with Crippen molar-refractivity contribution in [2.75, 3.05) is 0 Å². The lowest BCUT2D eigenvalue weighted by molar-refractivity contribution is 0.0931. The van der Waals surface area contributed by atoms with E-state index in [4.69, 9.17) is 5.14 Å². The largest absolute Gasteiger partial charge is 0.348 e. The van der Waals surface area contributed by atoms with E-state index in [-0.39, 0.29) is 16.8 Å². The van der Waals surface area contributed by atoms with E-state index < -0.39 is 10.0 Å². The number of rotatable bonds is 5. The van der Waals surface area contributed by atoms with Gasteiger partial charge in [-0.3, -0.25) is 4.79 Å². The number of hydrogen-bond donors (Lipinski definition) is 3. The Morgan fingerprint density at radius 1 is 1.11 bits per heavy atom. The minimum Gasteiger partial charge on any atom is -0.348 e. The van der Waals surface area contributed by atoms with Crippen LogP contribution >= 0.6 is 11.8 Å². The third kappa shape index (κ3) is 4.03. The molecule has 4 N–H and O–H groups in total. The summed E-state index contributed by atoms with van der Waals surface area (Å²) in [6.45, 7) is 0. The van der Waals surface area contributed by atoms with Crippen LogP contribution in [0.1, 0.15) is 29.6 Å². The smallest absolute Gasteiger partial charge is 0.251 e. The van der Waals surface area contributed by atoms with Gasteiger partial charge in [-0.05, 0) is 55.7 Å². The Bertz CT molecular complexity index is 960. The van der Waals surface area contributed by atoms with Crippen molar-refractivity contribution in [3.8, 4) is 0 Å². The molecule has 0 spiro atoms. The summed E-state index contributed by atoms with van der Waals surface area (Å²) >= 11 is 1.30. The molecule has 2 aromatic carbocycles. The van der Waals surface area contributed by atoms with E-state index in [9.17, 15) is 13.2 Å². The summed E-state index contributed by atoms with van der Waals surface area (Å²) in [5.41, 5.74) is 0.599. The molecule has 0 aromatic heterocycles. The molecule has 2 aliphatic rings. The molecule has 8 heteroatoms. The van der Waals surface area contributed by atoms with Gasteiger partial charge in [0.2, 0.25) is 10.0 Å². The van der Waals surface area contributed by atoms with Crippen molar-refractivity contribution in [1.82, 2.24) is 10.6 Å². The quantitative estimate of drug-likeness (QED) is 0.710. The summed E-state index contributed by atoms with van der Waals surface area (Å²) in [6, 6.07) is 14.9. The third-order valence-electron chi connectivity index (χ3n) is 5.12. The summed E-state index contributed by atoms with van der Waals surface area (Å²) in [6.07, 6.45) is 3.31. The summed E-state index contributed by atoms with van der Waals surface area (Å²) in [7, 11) is -3.78. The Balaban J connectivity index is 1.44. The molecule has 2 heterocycles. The first-order valence-electron chi connectivity index (χ1n) is 8.87. The molecule has 2 bridgehead atoms. The molecule has 3 unspecified atom stereocenters. The zero-order valence-electron chi connectivity index (χ0n) is 14.6. The van der Waals surface area contributed by atoms with Gasteiger partial charge in [0.1, 0.15) is 0 Å². The number of amides is 1. The number of sulfonamides is 1. The van der Waals surface area contributed by atoms with Crippen LogP contribution in [0.25, 0.3) is 0 Å². The van der Waals surface area contributed by atoms with Gasteiger partial charge in [-0.1, -0.05) is 23.9 Å². The highest BCUT2D eigenvalue weighted by Gasteiger charge is 2.39. The van der Waals surface area contributed by atoms with Crippen molar-refractivity contribution in [2.45, 2.75) is 52.1 Å². The van der Waals surface area contributed by atoms with Gasteiger partial charge in [-0.2, -0.15) is 0 Å². The molecule has 3 atom stereocenters. The number of nitrogens with one attached hydrogen (secondary N) is 2. The Labute approximate surface area is 163 Å². The van der Waals surface area contributed by atoms with Crippen LogP contribution in [0, 0.1) is 0 Å². The van der Waals surface area contributed by atoms with Crippen molar-refractivity contribution < 1.29 is 13.2 Å². The summed E-state index contributed by atoms with van der Waals surface area (Å²) in [5, 5.41) is 11.9. The predicted octanol–water partition coefficient (Wildman–Crippen LogP) is 2.11. The number of carbonyl (C=O) groups is 1. The average molecular weight is 404 g/mol. The van der Waals surface area contributed by atoms with E-state index in [2.05, 4.69) is 10.6 Å². The van der Waals surface area contributed by atoms with Gasteiger partial charge in [-0.15, -0.1) is 0 Å². The fraction of sp³-hybridized carbons (Fsp3) is 0.316. The van der Waals surface area contributed by atoms with Crippen LogP contribution in [0.3, 0.4) is 0 Å². The van der Waals surface area contributed by atoms with Gasteiger partial charge in [0, 0.05) is 33.5 Å². The second-order valence-electron chi connectivity index (χ2n) is 6.98. The van der Waals surface area contributed by atoms with Gasteiger partial charge in [0.25, 0.3) is 5.91 Å². The van der Waals surface area contributed by atoms with Crippen molar-refractivity contribution in [1.29, 1.82) is 0 Å². The maximum absolute atomic E-state index is 12.5. The molecule has 0 radical (unpaired) electrons. The lowest BCUT2D eigenvalue weighted by Gasteiger charge is -2.21. The number of nitrogens with two attached hydrogens (primary N) is 1. The van der Waals surface area contributed by atoms with Crippen LogP contribution in [-0.2, 0) is 10.0 Å². The molecule has 0 saturated carbocycles. The fourth-order valence-electron chi connectivity index (χ4n) is 3.81. The molecule has 27 heavy (non-hydrogen) atoms. The van der Waals surface area contributed by atoms with E-state index in [1.54, 1.807) is 30.3 Å². The van der Waals surface area contributed by atoms with E-state index in [1.807, 2.05) is 12.1 Å². The van der Waals surface area contributed by atoms with Gasteiger partial charge in [0.15, 0.2) is 0 Å². The van der Waals surface area contributed by atoms with Gasteiger partial charge >= 0.3 is 0 Å². The van der Waals surface area contributed by atoms with Crippen molar-refractivity contribution in [3.63, 3.8) is 0 Å². The summed E-state index contributed by atoms with van der Waals surface area (Å²) in [4.78, 5) is 14.0. The standard InChI is InChI=1S/C19H21N3O3S2/c20-27(24,25)18-4-2-1-3-17(18)26-14-8-5-12(6-9-14)19(23)22-16-11-13-7-10-15(16)21-13/h1-6,8-9,13,15-16,21H,7,10-11H2,(H,22,23)(H2,20,24,25). The minimum absolute atomic E-state index is 0.0733. The van der Waals surface area contributed by atoms with Crippen molar-refractivity contribution in [3.05, 3.63) is 54.1 Å². The van der Waals surface area contributed by atoms with E-state index in [0.717, 1.165) is 17.7 Å².